The summed E-state index contributed by atoms with van der Waals surface area (Å²) in [7, 11) is -3.33. The normalized spacial score (nSPS) is 32.3. The molecule has 10 heteroatoms. The van der Waals surface area contributed by atoms with Crippen LogP contribution in [-0.4, -0.2) is 71.9 Å². The fourth-order valence-electron chi connectivity index (χ4n) is 8.38. The summed E-state index contributed by atoms with van der Waals surface area (Å²) in [5.74, 6) is 3.61. The number of halogens is 1. The number of sulfone groups is 1. The van der Waals surface area contributed by atoms with Crippen molar-refractivity contribution in [2.75, 3.05) is 32.4 Å². The topological polar surface area (TPSA) is 99.3 Å². The van der Waals surface area contributed by atoms with Gasteiger partial charge in [0.15, 0.2) is 15.7 Å². The van der Waals surface area contributed by atoms with E-state index in [1.807, 2.05) is 21.9 Å². The molecule has 1 aromatic carbocycles. The van der Waals surface area contributed by atoms with E-state index in [1.165, 1.54) is 19.1 Å². The molecule has 1 spiro atoms. The second-order valence-electron chi connectivity index (χ2n) is 13.3. The number of carbonyl (C=O) groups excluding carboxylic acids is 1. The molecule has 3 heterocycles. The van der Waals surface area contributed by atoms with E-state index in [9.17, 15) is 13.2 Å². The van der Waals surface area contributed by atoms with E-state index in [2.05, 4.69) is 10.2 Å². The zero-order valence-electron chi connectivity index (χ0n) is 21.0. The largest absolute Gasteiger partial charge is 0.324 e. The number of rotatable bonds is 5. The number of benzene rings is 1. The van der Waals surface area contributed by atoms with Gasteiger partial charge in [0.25, 0.3) is 0 Å². The van der Waals surface area contributed by atoms with Crippen LogP contribution in [0.25, 0.3) is 0 Å². The highest BCUT2D eigenvalue weighted by molar-refractivity contribution is 7.90. The maximum Gasteiger partial charge on any atom is 0.320 e. The number of aromatic nitrogens is 3. The summed E-state index contributed by atoms with van der Waals surface area (Å²) in [6.07, 6.45) is 8.97. The molecule has 0 radical (unpaired) electrons. The van der Waals surface area contributed by atoms with Gasteiger partial charge in [-0.15, -0.1) is 0 Å². The fourth-order valence-corrected chi connectivity index (χ4v) is 9.65. The van der Waals surface area contributed by atoms with Crippen molar-refractivity contribution in [3.8, 4) is 0 Å². The number of likely N-dealkylation sites (tertiary alicyclic amines) is 2. The van der Waals surface area contributed by atoms with Crippen molar-refractivity contribution in [2.45, 2.75) is 67.1 Å². The van der Waals surface area contributed by atoms with Crippen LogP contribution in [0.2, 0.25) is 5.02 Å². The van der Waals surface area contributed by atoms with Crippen molar-refractivity contribution in [1.29, 1.82) is 0 Å². The van der Waals surface area contributed by atoms with Gasteiger partial charge in [-0.3, -0.25) is 5.10 Å². The third kappa shape index (κ3) is 3.25. The SMILES string of the molecule is CS(=O)(=O)c1cc(Cl)ccc1C12CC(C3CN(C(=O)N4CC5(CC(c6n[nH]c(C7CC7)n6)C5)C4)C3)(C1)C2. The molecule has 5 aliphatic carbocycles. The molecule has 37 heavy (non-hydrogen) atoms. The molecule has 1 aromatic heterocycles. The zero-order valence-corrected chi connectivity index (χ0v) is 22.6. The van der Waals surface area contributed by atoms with E-state index < -0.39 is 9.84 Å². The lowest BCUT2D eigenvalue weighted by Gasteiger charge is -2.76. The smallest absolute Gasteiger partial charge is 0.320 e. The van der Waals surface area contributed by atoms with Crippen molar-refractivity contribution >= 4 is 27.5 Å². The average Bonchev–Trinajstić information content (AvgIpc) is 3.43. The summed E-state index contributed by atoms with van der Waals surface area (Å²) >= 11 is 6.11. The Morgan fingerprint density at radius 3 is 2.43 bits per heavy atom. The minimum Gasteiger partial charge on any atom is -0.324 e. The zero-order chi connectivity index (χ0) is 25.4. The van der Waals surface area contributed by atoms with Gasteiger partial charge in [0.2, 0.25) is 0 Å². The summed E-state index contributed by atoms with van der Waals surface area (Å²) in [5.41, 5.74) is 1.47. The molecular weight excluding hydrogens is 510 g/mol. The Morgan fingerprint density at radius 1 is 1.08 bits per heavy atom. The molecule has 5 saturated carbocycles. The molecule has 1 N–H and O–H groups in total. The van der Waals surface area contributed by atoms with E-state index in [4.69, 9.17) is 16.6 Å². The van der Waals surface area contributed by atoms with Gasteiger partial charge >= 0.3 is 6.03 Å². The number of hydrogen-bond acceptors (Lipinski definition) is 5. The Balaban J connectivity index is 0.834. The molecule has 7 aliphatic rings. The quantitative estimate of drug-likeness (QED) is 0.614. The summed E-state index contributed by atoms with van der Waals surface area (Å²) in [5, 5.41) is 8.05. The number of amides is 2. The van der Waals surface area contributed by atoms with Gasteiger partial charge in [0.1, 0.15) is 5.82 Å². The van der Waals surface area contributed by atoms with Crippen molar-refractivity contribution < 1.29 is 13.2 Å². The summed E-state index contributed by atoms with van der Waals surface area (Å²) in [4.78, 5) is 22.2. The van der Waals surface area contributed by atoms with E-state index in [0.29, 0.717) is 27.7 Å². The first-order chi connectivity index (χ1) is 17.6. The molecule has 0 unspecified atom stereocenters. The Labute approximate surface area is 222 Å². The molecule has 0 atom stereocenters. The predicted octanol–water partition coefficient (Wildman–Crippen LogP) is 4.09. The molecular formula is C27H32ClN5O3S. The van der Waals surface area contributed by atoms with Gasteiger partial charge in [-0.25, -0.2) is 18.2 Å². The second kappa shape index (κ2) is 7.08. The van der Waals surface area contributed by atoms with Crippen LogP contribution in [0.15, 0.2) is 23.1 Å². The Hall–Kier alpha value is -2.13. The molecule has 2 saturated heterocycles. The number of H-pyrrole nitrogens is 1. The van der Waals surface area contributed by atoms with Crippen molar-refractivity contribution in [1.82, 2.24) is 25.0 Å². The molecule has 8 nitrogen and oxygen atoms in total. The molecule has 196 valence electrons. The van der Waals surface area contributed by atoms with Gasteiger partial charge in [-0.2, -0.15) is 5.10 Å². The minimum atomic E-state index is -3.33. The highest BCUT2D eigenvalue weighted by Gasteiger charge is 2.72. The Bertz CT molecular complexity index is 1410. The third-order valence-corrected chi connectivity index (χ3v) is 11.9. The summed E-state index contributed by atoms with van der Waals surface area (Å²) in [6, 6.07) is 5.52. The maximum atomic E-state index is 13.1. The van der Waals surface area contributed by atoms with E-state index in [-0.39, 0.29) is 22.3 Å². The van der Waals surface area contributed by atoms with E-state index in [0.717, 1.165) is 75.5 Å². The first-order valence-corrected chi connectivity index (χ1v) is 15.8. The standard InChI is InChI=1S/C27H32ClN5O3S/c1-37(35,36)21-6-19(28)4-5-20(21)27-11-26(12-27,13-27)18-9-32(10-18)24(34)33-14-25(15-33)7-17(8-25)23-29-22(30-31-23)16-2-3-16/h4-6,16-18H,2-3,7-15H2,1H3,(H,29,30,31). The molecule has 9 rings (SSSR count). The van der Waals surface area contributed by atoms with Crippen LogP contribution in [0.4, 0.5) is 4.79 Å². The minimum absolute atomic E-state index is 0.0271. The third-order valence-electron chi connectivity index (χ3n) is 10.5. The summed E-state index contributed by atoms with van der Waals surface area (Å²) < 4.78 is 24.8. The van der Waals surface area contributed by atoms with Gasteiger partial charge in [0.05, 0.1) is 4.90 Å². The lowest BCUT2D eigenvalue weighted by molar-refractivity contribution is -0.209. The number of aromatic amines is 1. The van der Waals surface area contributed by atoms with Crippen LogP contribution in [0.5, 0.6) is 0 Å². The maximum absolute atomic E-state index is 13.1. The van der Waals surface area contributed by atoms with Crippen LogP contribution in [0.1, 0.15) is 74.0 Å². The Kier molecular flexibility index (Phi) is 4.37. The van der Waals surface area contributed by atoms with Crippen molar-refractivity contribution in [2.24, 2.45) is 16.7 Å². The lowest BCUT2D eigenvalue weighted by Crippen LogP contribution is -2.74. The van der Waals surface area contributed by atoms with Crippen LogP contribution in [0.3, 0.4) is 0 Å². The number of nitrogens with zero attached hydrogens (tertiary/aromatic N) is 4. The second-order valence-corrected chi connectivity index (χ2v) is 15.7. The molecule has 2 amide bonds. The van der Waals surface area contributed by atoms with Crippen molar-refractivity contribution in [3.63, 3.8) is 0 Å². The fraction of sp³-hybridized carbons (Fsp3) is 0.667. The monoisotopic (exact) mass is 541 g/mol. The van der Waals surface area contributed by atoms with Gasteiger partial charge < -0.3 is 9.80 Å². The molecule has 2 aliphatic heterocycles. The average molecular weight is 542 g/mol. The highest BCUT2D eigenvalue weighted by Crippen LogP contribution is 2.77. The molecule has 2 aromatic rings. The van der Waals surface area contributed by atoms with Gasteiger partial charge in [-0.05, 0) is 79.4 Å². The molecule has 2 bridgehead atoms. The number of nitrogens with one attached hydrogen (secondary N) is 1. The number of carbonyl (C=O) groups is 1. The predicted molar refractivity (Wildman–Crippen MR) is 137 cm³/mol. The van der Waals surface area contributed by atoms with Crippen LogP contribution in [-0.2, 0) is 15.3 Å². The first kappa shape index (κ1) is 22.8. The van der Waals surface area contributed by atoms with E-state index >= 15 is 0 Å². The van der Waals surface area contributed by atoms with Crippen LogP contribution < -0.4 is 0 Å². The van der Waals surface area contributed by atoms with Gasteiger partial charge in [0, 0.05) is 54.7 Å². The van der Waals surface area contributed by atoms with Crippen molar-refractivity contribution in [3.05, 3.63) is 40.4 Å². The highest BCUT2D eigenvalue weighted by atomic mass is 35.5. The van der Waals surface area contributed by atoms with Crippen LogP contribution >= 0.6 is 11.6 Å². The Morgan fingerprint density at radius 2 is 1.78 bits per heavy atom. The summed E-state index contributed by atoms with van der Waals surface area (Å²) in [6.45, 7) is 3.40. The van der Waals surface area contributed by atoms with Crippen LogP contribution in [0, 0.1) is 16.7 Å². The lowest BCUT2D eigenvalue weighted by atomic mass is 9.30. The first-order valence-electron chi connectivity index (χ1n) is 13.5. The van der Waals surface area contributed by atoms with E-state index in [1.54, 1.807) is 6.07 Å². The molecule has 7 fully saturated rings. The number of hydrogen-bond donors (Lipinski definition) is 1. The number of urea groups is 1. The van der Waals surface area contributed by atoms with Gasteiger partial charge in [-0.1, -0.05) is 17.7 Å².